The first-order valence-electron chi connectivity index (χ1n) is 6.12. The summed E-state index contributed by atoms with van der Waals surface area (Å²) in [6.07, 6.45) is 6.33. The van der Waals surface area contributed by atoms with Crippen LogP contribution in [0.5, 0.6) is 0 Å². The molecule has 0 spiro atoms. The molecule has 2 nitrogen and oxygen atoms in total. The molecule has 0 amide bonds. The highest BCUT2D eigenvalue weighted by Crippen LogP contribution is 2.33. The van der Waals surface area contributed by atoms with E-state index in [4.69, 9.17) is 4.74 Å². The highest BCUT2D eigenvalue weighted by molar-refractivity contribution is 4.85. The first-order chi connectivity index (χ1) is 6.75. The Bertz CT molecular complexity index is 169. The number of rotatable bonds is 3. The second-order valence-corrected chi connectivity index (χ2v) is 5.14. The van der Waals surface area contributed by atoms with Gasteiger partial charge in [-0.3, -0.25) is 0 Å². The summed E-state index contributed by atoms with van der Waals surface area (Å²) in [4.78, 5) is 0. The summed E-state index contributed by atoms with van der Waals surface area (Å²) < 4.78 is 5.86. The van der Waals surface area contributed by atoms with Gasteiger partial charge in [0.1, 0.15) is 0 Å². The molecular weight excluding hydrogens is 174 g/mol. The standard InChI is InChI=1S/C12H23NO/c1-9(2)14-12-5-3-10(4-6-12)11-7-13-8-11/h9-13H,3-8H2,1-2H3. The molecule has 0 aromatic carbocycles. The number of ether oxygens (including phenoxy) is 1. The fourth-order valence-electron chi connectivity index (χ4n) is 2.73. The SMILES string of the molecule is CC(C)OC1CCC(C2CNC2)CC1. The van der Waals surface area contributed by atoms with Gasteiger partial charge in [0.05, 0.1) is 12.2 Å². The molecule has 0 atom stereocenters. The van der Waals surface area contributed by atoms with Crippen molar-refractivity contribution in [3.05, 3.63) is 0 Å². The first-order valence-corrected chi connectivity index (χ1v) is 6.12. The zero-order chi connectivity index (χ0) is 9.97. The predicted octanol–water partition coefficient (Wildman–Crippen LogP) is 2.19. The number of nitrogens with one attached hydrogen (secondary N) is 1. The Morgan fingerprint density at radius 3 is 2.07 bits per heavy atom. The third-order valence-corrected chi connectivity index (χ3v) is 3.66. The molecule has 1 aliphatic carbocycles. The van der Waals surface area contributed by atoms with Crippen LogP contribution in [0.25, 0.3) is 0 Å². The van der Waals surface area contributed by atoms with E-state index in [0.29, 0.717) is 12.2 Å². The molecule has 2 fully saturated rings. The van der Waals surface area contributed by atoms with Crippen molar-refractivity contribution in [2.24, 2.45) is 11.8 Å². The Morgan fingerprint density at radius 1 is 1.00 bits per heavy atom. The Morgan fingerprint density at radius 2 is 1.64 bits per heavy atom. The lowest BCUT2D eigenvalue weighted by Gasteiger charge is -2.39. The van der Waals surface area contributed by atoms with Crippen molar-refractivity contribution in [2.75, 3.05) is 13.1 Å². The Balaban J connectivity index is 1.69. The molecular formula is C12H23NO. The largest absolute Gasteiger partial charge is 0.376 e. The summed E-state index contributed by atoms with van der Waals surface area (Å²) in [7, 11) is 0. The Hall–Kier alpha value is -0.0800. The monoisotopic (exact) mass is 197 g/mol. The molecule has 0 aromatic heterocycles. The van der Waals surface area contributed by atoms with Gasteiger partial charge in [0.2, 0.25) is 0 Å². The van der Waals surface area contributed by atoms with Crippen molar-refractivity contribution in [3.63, 3.8) is 0 Å². The van der Waals surface area contributed by atoms with E-state index in [1.807, 2.05) is 0 Å². The van der Waals surface area contributed by atoms with Crippen LogP contribution < -0.4 is 5.32 Å². The van der Waals surface area contributed by atoms with E-state index in [1.54, 1.807) is 0 Å². The zero-order valence-electron chi connectivity index (χ0n) is 9.46. The van der Waals surface area contributed by atoms with E-state index in [1.165, 1.54) is 38.8 Å². The minimum Gasteiger partial charge on any atom is -0.376 e. The molecule has 2 heteroatoms. The lowest BCUT2D eigenvalue weighted by Crippen LogP contribution is -2.47. The van der Waals surface area contributed by atoms with E-state index in [0.717, 1.165) is 11.8 Å². The van der Waals surface area contributed by atoms with Crippen LogP contribution in [-0.2, 0) is 4.74 Å². The van der Waals surface area contributed by atoms with Crippen LogP contribution in [-0.4, -0.2) is 25.3 Å². The van der Waals surface area contributed by atoms with Crippen molar-refractivity contribution in [3.8, 4) is 0 Å². The summed E-state index contributed by atoms with van der Waals surface area (Å²) >= 11 is 0. The molecule has 1 aliphatic heterocycles. The average molecular weight is 197 g/mol. The molecule has 0 unspecified atom stereocenters. The highest BCUT2D eigenvalue weighted by atomic mass is 16.5. The molecule has 1 saturated heterocycles. The fourth-order valence-corrected chi connectivity index (χ4v) is 2.73. The van der Waals surface area contributed by atoms with E-state index >= 15 is 0 Å². The van der Waals surface area contributed by atoms with E-state index in [-0.39, 0.29) is 0 Å². The highest BCUT2D eigenvalue weighted by Gasteiger charge is 2.31. The summed E-state index contributed by atoms with van der Waals surface area (Å²) in [5, 5.41) is 3.37. The van der Waals surface area contributed by atoms with Crippen LogP contribution in [0.2, 0.25) is 0 Å². The predicted molar refractivity (Wildman–Crippen MR) is 58.3 cm³/mol. The van der Waals surface area contributed by atoms with Crippen LogP contribution in [0.15, 0.2) is 0 Å². The third-order valence-electron chi connectivity index (χ3n) is 3.66. The third kappa shape index (κ3) is 2.48. The van der Waals surface area contributed by atoms with Gasteiger partial charge in [-0.15, -0.1) is 0 Å². The van der Waals surface area contributed by atoms with Crippen LogP contribution in [0.3, 0.4) is 0 Å². The number of hydrogen-bond acceptors (Lipinski definition) is 2. The molecule has 0 bridgehead atoms. The Kier molecular flexibility index (Phi) is 3.45. The topological polar surface area (TPSA) is 21.3 Å². The van der Waals surface area contributed by atoms with Gasteiger partial charge in [-0.1, -0.05) is 0 Å². The maximum absolute atomic E-state index is 5.86. The molecule has 14 heavy (non-hydrogen) atoms. The van der Waals surface area contributed by atoms with Crippen LogP contribution in [0.4, 0.5) is 0 Å². The quantitative estimate of drug-likeness (QED) is 0.749. The Labute approximate surface area is 87.4 Å². The average Bonchev–Trinajstić information content (AvgIpc) is 2.04. The van der Waals surface area contributed by atoms with Gasteiger partial charge < -0.3 is 10.1 Å². The molecule has 1 saturated carbocycles. The minimum absolute atomic E-state index is 0.405. The van der Waals surface area contributed by atoms with Gasteiger partial charge in [-0.25, -0.2) is 0 Å². The molecule has 1 N–H and O–H groups in total. The van der Waals surface area contributed by atoms with Crippen molar-refractivity contribution in [1.29, 1.82) is 0 Å². The zero-order valence-corrected chi connectivity index (χ0v) is 9.46. The molecule has 0 aromatic rings. The van der Waals surface area contributed by atoms with Crippen LogP contribution in [0, 0.1) is 11.8 Å². The van der Waals surface area contributed by atoms with Gasteiger partial charge >= 0.3 is 0 Å². The summed E-state index contributed by atoms with van der Waals surface area (Å²) in [5.41, 5.74) is 0. The van der Waals surface area contributed by atoms with Gasteiger partial charge in [0, 0.05) is 0 Å². The van der Waals surface area contributed by atoms with Gasteiger partial charge in [-0.05, 0) is 64.5 Å². The molecule has 1 heterocycles. The molecule has 82 valence electrons. The summed E-state index contributed by atoms with van der Waals surface area (Å²) in [6, 6.07) is 0. The maximum atomic E-state index is 5.86. The summed E-state index contributed by atoms with van der Waals surface area (Å²) in [6.45, 7) is 6.81. The first kappa shape index (κ1) is 10.4. The second kappa shape index (κ2) is 4.63. The molecule has 0 radical (unpaired) electrons. The van der Waals surface area contributed by atoms with E-state index in [9.17, 15) is 0 Å². The molecule has 2 aliphatic rings. The van der Waals surface area contributed by atoms with E-state index < -0.39 is 0 Å². The van der Waals surface area contributed by atoms with Gasteiger partial charge in [-0.2, -0.15) is 0 Å². The lowest BCUT2D eigenvalue weighted by atomic mass is 9.76. The van der Waals surface area contributed by atoms with Crippen LogP contribution in [0.1, 0.15) is 39.5 Å². The smallest absolute Gasteiger partial charge is 0.0578 e. The van der Waals surface area contributed by atoms with Gasteiger partial charge in [0.15, 0.2) is 0 Å². The van der Waals surface area contributed by atoms with Crippen molar-refractivity contribution in [2.45, 2.75) is 51.7 Å². The lowest BCUT2D eigenvalue weighted by molar-refractivity contribution is -0.0268. The van der Waals surface area contributed by atoms with E-state index in [2.05, 4.69) is 19.2 Å². The van der Waals surface area contributed by atoms with Crippen molar-refractivity contribution >= 4 is 0 Å². The van der Waals surface area contributed by atoms with Crippen molar-refractivity contribution in [1.82, 2.24) is 5.32 Å². The van der Waals surface area contributed by atoms with Crippen LogP contribution >= 0.6 is 0 Å². The summed E-state index contributed by atoms with van der Waals surface area (Å²) in [5.74, 6) is 1.97. The van der Waals surface area contributed by atoms with Crippen molar-refractivity contribution < 1.29 is 4.74 Å². The normalized spacial score (nSPS) is 34.5. The minimum atomic E-state index is 0.405. The fraction of sp³-hybridized carbons (Fsp3) is 1.00. The molecule has 2 rings (SSSR count). The maximum Gasteiger partial charge on any atom is 0.0578 e. The number of hydrogen-bond donors (Lipinski definition) is 1. The second-order valence-electron chi connectivity index (χ2n) is 5.14. The van der Waals surface area contributed by atoms with Gasteiger partial charge in [0.25, 0.3) is 0 Å².